The molecular formula is C19H26N4O. The molecular weight excluding hydrogens is 300 g/mol. The van der Waals surface area contributed by atoms with Crippen molar-refractivity contribution >= 4 is 5.65 Å². The second-order valence-electron chi connectivity index (χ2n) is 7.29. The fraction of sp³-hybridized carbons (Fsp3) is 0.579. The third-order valence-corrected chi connectivity index (χ3v) is 5.62. The minimum atomic E-state index is 0.0174. The van der Waals surface area contributed by atoms with Crippen molar-refractivity contribution in [3.63, 3.8) is 0 Å². The molecule has 0 saturated carbocycles. The lowest BCUT2D eigenvalue weighted by molar-refractivity contribution is 0.156. The second-order valence-corrected chi connectivity index (χ2v) is 7.29. The van der Waals surface area contributed by atoms with Crippen LogP contribution in [0.2, 0.25) is 0 Å². The van der Waals surface area contributed by atoms with Crippen LogP contribution in [0.25, 0.3) is 5.65 Å². The Morgan fingerprint density at radius 3 is 2.88 bits per heavy atom. The molecule has 1 atom stereocenters. The summed E-state index contributed by atoms with van der Waals surface area (Å²) in [5.41, 5.74) is 2.74. The van der Waals surface area contributed by atoms with Gasteiger partial charge in [0.05, 0.1) is 5.69 Å². The van der Waals surface area contributed by atoms with Gasteiger partial charge >= 0.3 is 0 Å². The molecule has 1 N–H and O–H groups in total. The van der Waals surface area contributed by atoms with Crippen LogP contribution in [0.15, 0.2) is 29.2 Å². The van der Waals surface area contributed by atoms with E-state index >= 15 is 0 Å². The molecule has 2 aliphatic rings. The molecule has 128 valence electrons. The topological polar surface area (TPSA) is 49.6 Å². The van der Waals surface area contributed by atoms with Crippen molar-refractivity contribution in [2.75, 3.05) is 19.6 Å². The quantitative estimate of drug-likeness (QED) is 0.937. The van der Waals surface area contributed by atoms with E-state index < -0.39 is 0 Å². The number of nitrogens with one attached hydrogen (secondary N) is 1. The molecule has 1 unspecified atom stereocenters. The Labute approximate surface area is 142 Å². The van der Waals surface area contributed by atoms with Gasteiger partial charge in [0.1, 0.15) is 5.65 Å². The normalized spacial score (nSPS) is 23.1. The SMILES string of the molecule is Cc1cccn2c(=O)cc(CN3CCC(C4CCCN4)CC3)nc12. The summed E-state index contributed by atoms with van der Waals surface area (Å²) in [5, 5.41) is 3.65. The molecule has 2 aromatic heterocycles. The molecule has 2 saturated heterocycles. The molecule has 0 amide bonds. The van der Waals surface area contributed by atoms with Gasteiger partial charge in [0.2, 0.25) is 0 Å². The smallest absolute Gasteiger partial charge is 0.258 e. The van der Waals surface area contributed by atoms with Gasteiger partial charge in [0.15, 0.2) is 0 Å². The standard InChI is InChI=1S/C19H26N4O/c1-14-4-3-9-23-18(24)12-16(21-19(14)23)13-22-10-6-15(7-11-22)17-5-2-8-20-17/h3-4,9,12,15,17,20H,2,5-8,10-11,13H2,1H3. The van der Waals surface area contributed by atoms with Crippen molar-refractivity contribution in [1.82, 2.24) is 19.6 Å². The predicted molar refractivity (Wildman–Crippen MR) is 95.2 cm³/mol. The first-order valence-corrected chi connectivity index (χ1v) is 9.14. The first-order valence-electron chi connectivity index (χ1n) is 9.14. The van der Waals surface area contributed by atoms with Gasteiger partial charge in [-0.1, -0.05) is 6.07 Å². The molecule has 2 aliphatic heterocycles. The van der Waals surface area contributed by atoms with Crippen LogP contribution in [0.5, 0.6) is 0 Å². The number of aromatic nitrogens is 2. The Bertz CT molecular complexity index is 771. The minimum Gasteiger partial charge on any atom is -0.314 e. The molecule has 0 bridgehead atoms. The van der Waals surface area contributed by atoms with Crippen LogP contribution >= 0.6 is 0 Å². The van der Waals surface area contributed by atoms with E-state index in [1.807, 2.05) is 19.1 Å². The highest BCUT2D eigenvalue weighted by atomic mass is 16.1. The molecule has 5 heteroatoms. The summed E-state index contributed by atoms with van der Waals surface area (Å²) >= 11 is 0. The molecule has 0 aromatic carbocycles. The predicted octanol–water partition coefficient (Wildman–Crippen LogP) is 1.97. The number of rotatable bonds is 3. The Balaban J connectivity index is 1.45. The highest BCUT2D eigenvalue weighted by Gasteiger charge is 2.28. The van der Waals surface area contributed by atoms with Crippen molar-refractivity contribution in [3.05, 3.63) is 46.0 Å². The Morgan fingerprint density at radius 2 is 2.12 bits per heavy atom. The van der Waals surface area contributed by atoms with Crippen LogP contribution in [0.3, 0.4) is 0 Å². The van der Waals surface area contributed by atoms with Crippen LogP contribution in [0.4, 0.5) is 0 Å². The van der Waals surface area contributed by atoms with E-state index in [2.05, 4.69) is 10.2 Å². The highest BCUT2D eigenvalue weighted by Crippen LogP contribution is 2.26. The average Bonchev–Trinajstić information content (AvgIpc) is 3.11. The molecule has 5 nitrogen and oxygen atoms in total. The summed E-state index contributed by atoms with van der Waals surface area (Å²) in [6.07, 6.45) is 6.97. The summed E-state index contributed by atoms with van der Waals surface area (Å²) in [6, 6.07) is 6.33. The summed E-state index contributed by atoms with van der Waals surface area (Å²) in [4.78, 5) is 19.5. The maximum Gasteiger partial charge on any atom is 0.258 e. The number of aryl methyl sites for hydroxylation is 1. The number of likely N-dealkylation sites (tertiary alicyclic amines) is 1. The highest BCUT2D eigenvalue weighted by molar-refractivity contribution is 5.46. The maximum absolute atomic E-state index is 12.3. The van der Waals surface area contributed by atoms with Crippen molar-refractivity contribution in [2.45, 2.75) is 45.2 Å². The van der Waals surface area contributed by atoms with Gasteiger partial charge in [-0.05, 0) is 69.8 Å². The summed E-state index contributed by atoms with van der Waals surface area (Å²) in [6.45, 7) is 6.20. The zero-order valence-electron chi connectivity index (χ0n) is 14.4. The van der Waals surface area contributed by atoms with Gasteiger partial charge in [-0.2, -0.15) is 0 Å². The van der Waals surface area contributed by atoms with Gasteiger partial charge in [-0.15, -0.1) is 0 Å². The van der Waals surface area contributed by atoms with Gasteiger partial charge < -0.3 is 5.32 Å². The zero-order valence-corrected chi connectivity index (χ0v) is 14.4. The molecule has 24 heavy (non-hydrogen) atoms. The van der Waals surface area contributed by atoms with Crippen molar-refractivity contribution in [3.8, 4) is 0 Å². The van der Waals surface area contributed by atoms with Crippen molar-refractivity contribution in [1.29, 1.82) is 0 Å². The zero-order chi connectivity index (χ0) is 16.5. The lowest BCUT2D eigenvalue weighted by atomic mass is 9.88. The fourth-order valence-corrected chi connectivity index (χ4v) is 4.25. The first-order chi connectivity index (χ1) is 11.7. The van der Waals surface area contributed by atoms with E-state index in [1.54, 1.807) is 16.7 Å². The molecule has 2 fully saturated rings. The molecule has 0 radical (unpaired) electrons. The third kappa shape index (κ3) is 3.10. The Hall–Kier alpha value is -1.72. The molecule has 0 spiro atoms. The largest absolute Gasteiger partial charge is 0.314 e. The summed E-state index contributed by atoms with van der Waals surface area (Å²) in [5.74, 6) is 0.821. The maximum atomic E-state index is 12.3. The first kappa shape index (κ1) is 15.8. The van der Waals surface area contributed by atoms with E-state index in [1.165, 1.54) is 32.2 Å². The lowest BCUT2D eigenvalue weighted by Crippen LogP contribution is -2.40. The number of hydrogen-bond acceptors (Lipinski definition) is 4. The summed E-state index contributed by atoms with van der Waals surface area (Å²) in [7, 11) is 0. The molecule has 4 heterocycles. The van der Waals surface area contributed by atoms with Gasteiger partial charge in [-0.25, -0.2) is 4.98 Å². The van der Waals surface area contributed by atoms with Crippen LogP contribution in [-0.4, -0.2) is 40.0 Å². The van der Waals surface area contributed by atoms with Crippen LogP contribution in [0, 0.1) is 12.8 Å². The van der Waals surface area contributed by atoms with Crippen LogP contribution < -0.4 is 10.9 Å². The number of hydrogen-bond donors (Lipinski definition) is 1. The van der Waals surface area contributed by atoms with E-state index in [4.69, 9.17) is 4.98 Å². The van der Waals surface area contributed by atoms with Gasteiger partial charge in [0, 0.05) is 24.8 Å². The number of piperidine rings is 1. The molecule has 4 rings (SSSR count). The number of fused-ring (bicyclic) bond motifs is 1. The average molecular weight is 326 g/mol. The van der Waals surface area contributed by atoms with Crippen LogP contribution in [0.1, 0.15) is 36.9 Å². The van der Waals surface area contributed by atoms with E-state index in [0.717, 1.165) is 48.5 Å². The molecule has 2 aromatic rings. The second kappa shape index (κ2) is 6.65. The van der Waals surface area contributed by atoms with E-state index in [0.29, 0.717) is 0 Å². The van der Waals surface area contributed by atoms with E-state index in [9.17, 15) is 4.79 Å². The number of pyridine rings is 1. The lowest BCUT2D eigenvalue weighted by Gasteiger charge is -2.34. The number of nitrogens with zero attached hydrogens (tertiary/aromatic N) is 3. The monoisotopic (exact) mass is 326 g/mol. The van der Waals surface area contributed by atoms with Crippen LogP contribution in [-0.2, 0) is 6.54 Å². The third-order valence-electron chi connectivity index (χ3n) is 5.62. The summed E-state index contributed by atoms with van der Waals surface area (Å²) < 4.78 is 1.64. The fourth-order valence-electron chi connectivity index (χ4n) is 4.25. The minimum absolute atomic E-state index is 0.0174. The van der Waals surface area contributed by atoms with Gasteiger partial charge in [0.25, 0.3) is 5.56 Å². The Morgan fingerprint density at radius 1 is 1.29 bits per heavy atom. The Kier molecular flexibility index (Phi) is 4.37. The van der Waals surface area contributed by atoms with Gasteiger partial charge in [-0.3, -0.25) is 14.1 Å². The van der Waals surface area contributed by atoms with E-state index in [-0.39, 0.29) is 5.56 Å². The molecule has 0 aliphatic carbocycles. The van der Waals surface area contributed by atoms with Crippen molar-refractivity contribution < 1.29 is 0 Å². The van der Waals surface area contributed by atoms with Crippen molar-refractivity contribution in [2.24, 2.45) is 5.92 Å².